The molecule has 0 heterocycles. The van der Waals surface area contributed by atoms with Crippen molar-refractivity contribution in [3.8, 4) is 11.5 Å². The predicted molar refractivity (Wildman–Crippen MR) is 128 cm³/mol. The number of phosphoric ester groups is 1. The van der Waals surface area contributed by atoms with Crippen LogP contribution in [0.1, 0.15) is 83.8 Å². The van der Waals surface area contributed by atoms with Gasteiger partial charge in [0.1, 0.15) is 11.5 Å². The second kappa shape index (κ2) is 11.0. The molecule has 0 aliphatic heterocycles. The van der Waals surface area contributed by atoms with Gasteiger partial charge in [-0.15, -0.1) is 0 Å². The Labute approximate surface area is 196 Å². The molecule has 0 unspecified atom stereocenters. The van der Waals surface area contributed by atoms with E-state index in [2.05, 4.69) is 24.1 Å². The van der Waals surface area contributed by atoms with Crippen molar-refractivity contribution in [3.05, 3.63) is 47.1 Å². The van der Waals surface area contributed by atoms with Crippen molar-refractivity contribution in [2.45, 2.75) is 84.7 Å². The number of aryl methyl sites for hydroxylation is 1. The fourth-order valence-corrected chi connectivity index (χ4v) is 4.94. The number of allylic oxidation sites excluding steroid dienone is 3. The molecule has 0 bridgehead atoms. The number of phenolic OH excluding ortho intramolecular Hbond substituents is 1. The van der Waals surface area contributed by atoms with Crippen LogP contribution in [0.2, 0.25) is 0 Å². The molecule has 1 aromatic carbocycles. The number of unbranched alkanes of at least 4 members (excludes halogenated alkanes) is 2. The van der Waals surface area contributed by atoms with Gasteiger partial charge in [0.2, 0.25) is 0 Å². The minimum absolute atomic E-state index is 0.0303. The Morgan fingerprint density at radius 3 is 2.52 bits per heavy atom. The summed E-state index contributed by atoms with van der Waals surface area (Å²) >= 11 is 0. The molecule has 0 spiro atoms. The van der Waals surface area contributed by atoms with E-state index in [1.807, 2.05) is 13.8 Å². The van der Waals surface area contributed by atoms with Gasteiger partial charge in [0, 0.05) is 11.5 Å². The Kier molecular flexibility index (Phi) is 9.11. The Bertz CT molecular complexity index is 958. The van der Waals surface area contributed by atoms with E-state index in [4.69, 9.17) is 4.74 Å². The summed E-state index contributed by atoms with van der Waals surface area (Å²) in [6.07, 6.45) is 7.56. The van der Waals surface area contributed by atoms with Crippen LogP contribution in [0.25, 0.3) is 0 Å². The summed E-state index contributed by atoms with van der Waals surface area (Å²) in [7, 11) is -4.92. The summed E-state index contributed by atoms with van der Waals surface area (Å²) in [5.41, 5.74) is 1.55. The van der Waals surface area contributed by atoms with Gasteiger partial charge in [-0.3, -0.25) is 4.52 Å². The van der Waals surface area contributed by atoms with E-state index in [1.54, 1.807) is 12.1 Å². The number of ether oxygens (including phenoxy) is 1. The highest BCUT2D eigenvalue weighted by atomic mass is 31.2. The molecule has 3 N–H and O–H groups in total. The van der Waals surface area contributed by atoms with E-state index in [0.717, 1.165) is 43.2 Å². The normalized spacial score (nSPS) is 19.2. The van der Waals surface area contributed by atoms with Crippen molar-refractivity contribution in [1.82, 2.24) is 0 Å². The van der Waals surface area contributed by atoms with E-state index in [-0.39, 0.29) is 23.3 Å². The second-order valence-corrected chi connectivity index (χ2v) is 10.7. The molecule has 0 saturated carbocycles. The van der Waals surface area contributed by atoms with Crippen LogP contribution in [-0.4, -0.2) is 26.5 Å². The number of benzene rings is 1. The van der Waals surface area contributed by atoms with E-state index in [9.17, 15) is 24.3 Å². The molecule has 0 radical (unpaired) electrons. The number of phenols is 1. The zero-order valence-corrected chi connectivity index (χ0v) is 21.2. The molecule has 2 atom stereocenters. The number of carbonyl (C=O) groups is 1. The summed E-state index contributed by atoms with van der Waals surface area (Å²) in [6.45, 7) is 12.7. The van der Waals surface area contributed by atoms with Crippen LogP contribution < -0.4 is 4.74 Å². The van der Waals surface area contributed by atoms with Gasteiger partial charge >= 0.3 is 13.8 Å². The first-order chi connectivity index (χ1) is 15.2. The first-order valence-electron chi connectivity index (χ1n) is 11.4. The monoisotopic (exact) mass is 480 g/mol. The third-order valence-corrected chi connectivity index (χ3v) is 6.70. The summed E-state index contributed by atoms with van der Waals surface area (Å²) in [5, 5.41) is 11.1. The summed E-state index contributed by atoms with van der Waals surface area (Å²) < 4.78 is 21.7. The van der Waals surface area contributed by atoms with E-state index >= 15 is 0 Å². The van der Waals surface area contributed by atoms with Gasteiger partial charge in [0.05, 0.1) is 0 Å². The number of hydrogen-bond donors (Lipinski definition) is 3. The van der Waals surface area contributed by atoms with Crippen LogP contribution in [-0.2, 0) is 20.3 Å². The van der Waals surface area contributed by atoms with Crippen LogP contribution in [0.3, 0.4) is 0 Å². The highest BCUT2D eigenvalue weighted by Gasteiger charge is 2.39. The minimum atomic E-state index is -4.92. The fourth-order valence-electron chi connectivity index (χ4n) is 4.27. The zero-order valence-electron chi connectivity index (χ0n) is 20.3. The van der Waals surface area contributed by atoms with Crippen LogP contribution in [0.5, 0.6) is 11.5 Å². The SMILES string of the molecule is C=C(C)[C@@H]1CCC(C)=C[C@H]1c1c(O)cc(CCCCC)cc1OC(=O)C(C)(C)OP(=O)(O)O. The Morgan fingerprint density at radius 1 is 1.27 bits per heavy atom. The molecule has 1 aliphatic rings. The topological polar surface area (TPSA) is 113 Å². The third-order valence-electron chi connectivity index (χ3n) is 6.00. The van der Waals surface area contributed by atoms with Crippen LogP contribution >= 0.6 is 7.82 Å². The maximum atomic E-state index is 12.9. The number of rotatable bonds is 10. The van der Waals surface area contributed by atoms with Gasteiger partial charge in [-0.25, -0.2) is 9.36 Å². The summed E-state index contributed by atoms with van der Waals surface area (Å²) in [6, 6.07) is 3.45. The smallest absolute Gasteiger partial charge is 0.470 e. The number of esters is 1. The lowest BCUT2D eigenvalue weighted by Gasteiger charge is -2.32. The van der Waals surface area contributed by atoms with Crippen LogP contribution in [0.4, 0.5) is 0 Å². The van der Waals surface area contributed by atoms with Gasteiger partial charge in [0.25, 0.3) is 0 Å². The molecule has 1 aromatic rings. The van der Waals surface area contributed by atoms with E-state index in [1.165, 1.54) is 19.4 Å². The van der Waals surface area contributed by atoms with Gasteiger partial charge in [-0.1, -0.05) is 43.6 Å². The zero-order chi connectivity index (χ0) is 25.0. The fraction of sp³-hybridized carbons (Fsp3) is 0.560. The second-order valence-electron chi connectivity index (χ2n) is 9.50. The molecule has 1 aliphatic carbocycles. The van der Waals surface area contributed by atoms with Crippen molar-refractivity contribution >= 4 is 13.8 Å². The molecule has 2 rings (SSSR count). The first kappa shape index (κ1) is 27.3. The molecule has 184 valence electrons. The third kappa shape index (κ3) is 7.54. The van der Waals surface area contributed by atoms with Crippen LogP contribution in [0.15, 0.2) is 35.9 Å². The van der Waals surface area contributed by atoms with Gasteiger partial charge in [-0.2, -0.15) is 0 Å². The summed E-state index contributed by atoms with van der Waals surface area (Å²) in [4.78, 5) is 31.3. The summed E-state index contributed by atoms with van der Waals surface area (Å²) in [5.74, 6) is -0.934. The van der Waals surface area contributed by atoms with Crippen molar-refractivity contribution in [3.63, 3.8) is 0 Å². The van der Waals surface area contributed by atoms with E-state index in [0.29, 0.717) is 12.0 Å². The number of phosphoric acid groups is 1. The average Bonchev–Trinajstić information content (AvgIpc) is 2.65. The molecular weight excluding hydrogens is 443 g/mol. The number of hydrogen-bond acceptors (Lipinski definition) is 5. The highest BCUT2D eigenvalue weighted by molar-refractivity contribution is 7.46. The number of aromatic hydroxyl groups is 1. The minimum Gasteiger partial charge on any atom is -0.507 e. The maximum Gasteiger partial charge on any atom is 0.470 e. The molecule has 0 aromatic heterocycles. The molecule has 33 heavy (non-hydrogen) atoms. The Hall–Kier alpha value is -1.92. The maximum absolute atomic E-state index is 12.9. The standard InChI is InChI=1S/C25H37O7P/c1-7-8-9-10-18-14-21(26)23(20-13-17(4)11-12-19(20)16(2)3)22(15-18)31-24(27)25(5,6)32-33(28,29)30/h13-15,19-20,26H,2,7-12H2,1,3-6H3,(H2,28,29,30)/t19-,20+/m0/s1. The molecule has 7 nitrogen and oxygen atoms in total. The lowest BCUT2D eigenvalue weighted by molar-refractivity contribution is -0.150. The van der Waals surface area contributed by atoms with Crippen LogP contribution in [0, 0.1) is 5.92 Å². The molecular formula is C25H37O7P. The molecule has 0 amide bonds. The Morgan fingerprint density at radius 2 is 1.94 bits per heavy atom. The number of carbonyl (C=O) groups excluding carboxylic acids is 1. The van der Waals surface area contributed by atoms with Crippen molar-refractivity contribution in [1.29, 1.82) is 0 Å². The quantitative estimate of drug-likeness (QED) is 0.125. The van der Waals surface area contributed by atoms with Crippen molar-refractivity contribution in [2.75, 3.05) is 0 Å². The molecule has 0 fully saturated rings. The average molecular weight is 481 g/mol. The molecule has 8 heteroatoms. The largest absolute Gasteiger partial charge is 0.507 e. The lowest BCUT2D eigenvalue weighted by atomic mass is 9.73. The first-order valence-corrected chi connectivity index (χ1v) is 12.9. The molecule has 0 saturated heterocycles. The van der Waals surface area contributed by atoms with E-state index < -0.39 is 19.4 Å². The van der Waals surface area contributed by atoms with Crippen molar-refractivity contribution in [2.24, 2.45) is 5.92 Å². The van der Waals surface area contributed by atoms with Crippen molar-refractivity contribution < 1.29 is 33.5 Å². The van der Waals surface area contributed by atoms with Gasteiger partial charge < -0.3 is 19.6 Å². The van der Waals surface area contributed by atoms with Gasteiger partial charge in [-0.05, 0) is 77.0 Å². The highest BCUT2D eigenvalue weighted by Crippen LogP contribution is 2.48. The predicted octanol–water partition coefficient (Wildman–Crippen LogP) is 5.93. The van der Waals surface area contributed by atoms with Gasteiger partial charge in [0.15, 0.2) is 5.60 Å². The lowest BCUT2D eigenvalue weighted by Crippen LogP contribution is -2.38. The Balaban J connectivity index is 2.55.